The summed E-state index contributed by atoms with van der Waals surface area (Å²) in [6.07, 6.45) is 1.08. The SMILES string of the molecule is CC1CCN(C(=O)c2n[nH]c3ccccc23)CC1C. The Morgan fingerprint density at radius 2 is 2.11 bits per heavy atom. The number of carbonyl (C=O) groups is 1. The highest BCUT2D eigenvalue weighted by atomic mass is 16.2. The predicted octanol–water partition coefficient (Wildman–Crippen LogP) is 2.68. The molecule has 0 aliphatic carbocycles. The summed E-state index contributed by atoms with van der Waals surface area (Å²) in [5.74, 6) is 1.30. The van der Waals surface area contributed by atoms with Crippen molar-refractivity contribution in [1.82, 2.24) is 15.1 Å². The summed E-state index contributed by atoms with van der Waals surface area (Å²) >= 11 is 0. The fourth-order valence-corrected chi connectivity index (χ4v) is 2.72. The zero-order valence-electron chi connectivity index (χ0n) is 11.4. The van der Waals surface area contributed by atoms with E-state index in [0.29, 0.717) is 17.5 Å². The molecule has 2 aromatic rings. The van der Waals surface area contributed by atoms with Gasteiger partial charge in [0.05, 0.1) is 5.52 Å². The number of rotatable bonds is 1. The van der Waals surface area contributed by atoms with E-state index in [1.165, 1.54) is 0 Å². The highest BCUT2D eigenvalue weighted by molar-refractivity contribution is 6.04. The van der Waals surface area contributed by atoms with E-state index < -0.39 is 0 Å². The summed E-state index contributed by atoms with van der Waals surface area (Å²) < 4.78 is 0. The monoisotopic (exact) mass is 257 g/mol. The lowest BCUT2D eigenvalue weighted by Gasteiger charge is -2.34. The minimum Gasteiger partial charge on any atom is -0.337 e. The van der Waals surface area contributed by atoms with Gasteiger partial charge in [-0.1, -0.05) is 32.0 Å². The van der Waals surface area contributed by atoms with Crippen molar-refractivity contribution in [3.8, 4) is 0 Å². The van der Waals surface area contributed by atoms with Crippen LogP contribution in [-0.2, 0) is 0 Å². The average Bonchev–Trinajstić information content (AvgIpc) is 2.85. The van der Waals surface area contributed by atoms with Gasteiger partial charge in [-0.3, -0.25) is 9.89 Å². The van der Waals surface area contributed by atoms with E-state index in [0.717, 1.165) is 30.4 Å². The van der Waals surface area contributed by atoms with Crippen LogP contribution in [0.25, 0.3) is 10.9 Å². The van der Waals surface area contributed by atoms with Gasteiger partial charge in [0.2, 0.25) is 0 Å². The van der Waals surface area contributed by atoms with E-state index in [9.17, 15) is 4.79 Å². The number of para-hydroxylation sites is 1. The number of carbonyl (C=O) groups excluding carboxylic acids is 1. The van der Waals surface area contributed by atoms with Crippen LogP contribution in [0.4, 0.5) is 0 Å². The summed E-state index contributed by atoms with van der Waals surface area (Å²) in [6, 6.07) is 7.77. The first kappa shape index (κ1) is 12.2. The first-order valence-electron chi connectivity index (χ1n) is 6.89. The van der Waals surface area contributed by atoms with Crippen LogP contribution in [0.1, 0.15) is 30.8 Å². The van der Waals surface area contributed by atoms with Crippen molar-refractivity contribution in [2.75, 3.05) is 13.1 Å². The van der Waals surface area contributed by atoms with Crippen molar-refractivity contribution in [1.29, 1.82) is 0 Å². The normalized spacial score (nSPS) is 23.8. The molecule has 2 heterocycles. The quantitative estimate of drug-likeness (QED) is 0.854. The molecule has 1 N–H and O–H groups in total. The Kier molecular flexibility index (Phi) is 3.01. The van der Waals surface area contributed by atoms with Crippen LogP contribution in [0.15, 0.2) is 24.3 Å². The van der Waals surface area contributed by atoms with Crippen LogP contribution < -0.4 is 0 Å². The Bertz CT molecular complexity index is 604. The van der Waals surface area contributed by atoms with E-state index in [1.807, 2.05) is 29.2 Å². The van der Waals surface area contributed by atoms with Crippen LogP contribution in [0.2, 0.25) is 0 Å². The zero-order valence-corrected chi connectivity index (χ0v) is 11.4. The smallest absolute Gasteiger partial charge is 0.275 e. The van der Waals surface area contributed by atoms with Crippen molar-refractivity contribution in [2.45, 2.75) is 20.3 Å². The van der Waals surface area contributed by atoms with E-state index in [4.69, 9.17) is 0 Å². The molecule has 3 rings (SSSR count). The minimum absolute atomic E-state index is 0.0520. The molecule has 1 aromatic heterocycles. The maximum absolute atomic E-state index is 12.6. The fourth-order valence-electron chi connectivity index (χ4n) is 2.72. The highest BCUT2D eigenvalue weighted by Crippen LogP contribution is 2.25. The molecule has 1 aliphatic heterocycles. The maximum atomic E-state index is 12.6. The lowest BCUT2D eigenvalue weighted by Crippen LogP contribution is -2.42. The Balaban J connectivity index is 1.88. The van der Waals surface area contributed by atoms with Crippen molar-refractivity contribution >= 4 is 16.8 Å². The molecule has 2 atom stereocenters. The van der Waals surface area contributed by atoms with Crippen LogP contribution in [0.3, 0.4) is 0 Å². The summed E-state index contributed by atoms with van der Waals surface area (Å²) in [7, 11) is 0. The molecule has 1 fully saturated rings. The van der Waals surface area contributed by atoms with Gasteiger partial charge < -0.3 is 4.90 Å². The molecule has 1 saturated heterocycles. The molecule has 1 amide bonds. The van der Waals surface area contributed by atoms with Gasteiger partial charge in [-0.05, 0) is 24.3 Å². The van der Waals surface area contributed by atoms with Gasteiger partial charge in [-0.15, -0.1) is 0 Å². The maximum Gasteiger partial charge on any atom is 0.275 e. The fraction of sp³-hybridized carbons (Fsp3) is 0.467. The molecule has 1 aromatic carbocycles. The average molecular weight is 257 g/mol. The van der Waals surface area contributed by atoms with Gasteiger partial charge in [-0.25, -0.2) is 0 Å². The third-order valence-corrected chi connectivity index (χ3v) is 4.29. The largest absolute Gasteiger partial charge is 0.337 e. The van der Waals surface area contributed by atoms with Gasteiger partial charge >= 0.3 is 0 Å². The molecule has 4 nitrogen and oxygen atoms in total. The van der Waals surface area contributed by atoms with Gasteiger partial charge in [0, 0.05) is 18.5 Å². The van der Waals surface area contributed by atoms with Gasteiger partial charge in [0.15, 0.2) is 5.69 Å². The molecule has 19 heavy (non-hydrogen) atoms. The van der Waals surface area contributed by atoms with E-state index in [-0.39, 0.29) is 5.91 Å². The number of likely N-dealkylation sites (tertiary alicyclic amines) is 1. The van der Waals surface area contributed by atoms with Gasteiger partial charge in [0.1, 0.15) is 0 Å². The molecule has 2 unspecified atom stereocenters. The van der Waals surface area contributed by atoms with Crippen LogP contribution in [-0.4, -0.2) is 34.1 Å². The number of aromatic nitrogens is 2. The molecular weight excluding hydrogens is 238 g/mol. The number of nitrogens with zero attached hydrogens (tertiary/aromatic N) is 2. The number of hydrogen-bond acceptors (Lipinski definition) is 2. The third-order valence-electron chi connectivity index (χ3n) is 4.29. The molecular formula is C15H19N3O. The number of hydrogen-bond donors (Lipinski definition) is 1. The zero-order chi connectivity index (χ0) is 13.4. The molecule has 0 bridgehead atoms. The molecule has 1 aliphatic rings. The second kappa shape index (κ2) is 4.68. The first-order valence-corrected chi connectivity index (χ1v) is 6.89. The lowest BCUT2D eigenvalue weighted by atomic mass is 9.88. The van der Waals surface area contributed by atoms with Crippen LogP contribution in [0, 0.1) is 11.8 Å². The summed E-state index contributed by atoms with van der Waals surface area (Å²) in [6.45, 7) is 6.15. The van der Waals surface area contributed by atoms with E-state index >= 15 is 0 Å². The standard InChI is InChI=1S/C15H19N3O/c1-10-7-8-18(9-11(10)2)15(19)14-12-5-3-4-6-13(12)16-17-14/h3-6,10-11H,7-9H2,1-2H3,(H,16,17). The Hall–Kier alpha value is -1.84. The second-order valence-corrected chi connectivity index (χ2v) is 5.61. The number of amides is 1. The molecule has 4 heteroatoms. The minimum atomic E-state index is 0.0520. The van der Waals surface area contributed by atoms with E-state index in [1.54, 1.807) is 0 Å². The summed E-state index contributed by atoms with van der Waals surface area (Å²) in [4.78, 5) is 14.5. The topological polar surface area (TPSA) is 49.0 Å². The molecule has 0 saturated carbocycles. The Labute approximate surface area is 112 Å². The predicted molar refractivity (Wildman–Crippen MR) is 74.9 cm³/mol. The summed E-state index contributed by atoms with van der Waals surface area (Å²) in [5, 5.41) is 8.04. The van der Waals surface area contributed by atoms with Gasteiger partial charge in [0.25, 0.3) is 5.91 Å². The van der Waals surface area contributed by atoms with Crippen LogP contribution in [0.5, 0.6) is 0 Å². The third kappa shape index (κ3) is 2.11. The first-order chi connectivity index (χ1) is 9.16. The Morgan fingerprint density at radius 3 is 2.89 bits per heavy atom. The number of piperidine rings is 1. The van der Waals surface area contributed by atoms with Crippen molar-refractivity contribution < 1.29 is 4.79 Å². The summed E-state index contributed by atoms with van der Waals surface area (Å²) in [5.41, 5.74) is 1.47. The number of nitrogens with one attached hydrogen (secondary N) is 1. The second-order valence-electron chi connectivity index (χ2n) is 5.61. The number of fused-ring (bicyclic) bond motifs is 1. The lowest BCUT2D eigenvalue weighted by molar-refractivity contribution is 0.0623. The Morgan fingerprint density at radius 1 is 1.32 bits per heavy atom. The molecule has 100 valence electrons. The number of benzene rings is 1. The van der Waals surface area contributed by atoms with Gasteiger partial charge in [-0.2, -0.15) is 5.10 Å². The van der Waals surface area contributed by atoms with E-state index in [2.05, 4.69) is 24.0 Å². The van der Waals surface area contributed by atoms with Crippen molar-refractivity contribution in [3.05, 3.63) is 30.0 Å². The molecule has 0 radical (unpaired) electrons. The van der Waals surface area contributed by atoms with Crippen molar-refractivity contribution in [2.24, 2.45) is 11.8 Å². The van der Waals surface area contributed by atoms with Crippen LogP contribution >= 0.6 is 0 Å². The molecule has 0 spiro atoms. The van der Waals surface area contributed by atoms with Crippen molar-refractivity contribution in [3.63, 3.8) is 0 Å². The number of aromatic amines is 1. The number of H-pyrrole nitrogens is 1. The highest BCUT2D eigenvalue weighted by Gasteiger charge is 2.28.